The number of thiazole rings is 1. The molecule has 1 unspecified atom stereocenters. The number of aryl methyl sites for hydroxylation is 2. The van der Waals surface area contributed by atoms with Crippen LogP contribution in [0.5, 0.6) is 0 Å². The van der Waals surface area contributed by atoms with E-state index < -0.39 is 5.25 Å². The Kier molecular flexibility index (Phi) is 7.35. The monoisotopic (exact) mass is 523 g/mol. The molecule has 2 N–H and O–H groups in total. The summed E-state index contributed by atoms with van der Waals surface area (Å²) in [5.41, 5.74) is 5.21. The quantitative estimate of drug-likeness (QED) is 0.215. The van der Waals surface area contributed by atoms with Crippen LogP contribution in [-0.4, -0.2) is 16.8 Å². The highest BCUT2D eigenvalue weighted by atomic mass is 32.2. The molecule has 0 aliphatic carbocycles. The highest BCUT2D eigenvalue weighted by molar-refractivity contribution is 8.00. The van der Waals surface area contributed by atoms with Crippen molar-refractivity contribution >= 4 is 55.9 Å². The van der Waals surface area contributed by atoms with E-state index in [0.29, 0.717) is 16.4 Å². The zero-order valence-electron chi connectivity index (χ0n) is 20.4. The molecule has 1 aromatic heterocycles. The van der Waals surface area contributed by atoms with Gasteiger partial charge in [-0.25, -0.2) is 4.98 Å². The molecule has 0 fully saturated rings. The normalized spacial score (nSPS) is 11.7. The maximum atomic E-state index is 13.5. The molecule has 0 saturated heterocycles. The van der Waals surface area contributed by atoms with Gasteiger partial charge in [-0.3, -0.25) is 9.59 Å². The second-order valence-electron chi connectivity index (χ2n) is 8.74. The molecule has 37 heavy (non-hydrogen) atoms. The number of carbonyl (C=O) groups excluding carboxylic acids is 2. The Bertz CT molecular complexity index is 1580. The van der Waals surface area contributed by atoms with E-state index in [4.69, 9.17) is 0 Å². The van der Waals surface area contributed by atoms with Crippen molar-refractivity contribution in [2.75, 3.05) is 10.6 Å². The molecule has 2 amide bonds. The van der Waals surface area contributed by atoms with Crippen molar-refractivity contribution < 1.29 is 9.59 Å². The first-order valence-corrected chi connectivity index (χ1v) is 13.5. The SMILES string of the molecule is Cc1cccc(C(=O)Nc2cccc(SC(C(=O)Nc3nc4ccc(C)cc4s3)c3ccccc3)c2)c1. The molecule has 5 aromatic rings. The average molecular weight is 524 g/mol. The Labute approximate surface area is 224 Å². The molecule has 0 radical (unpaired) electrons. The van der Waals surface area contributed by atoms with Gasteiger partial charge in [0.1, 0.15) is 5.25 Å². The summed E-state index contributed by atoms with van der Waals surface area (Å²) in [6, 6.07) is 30.8. The van der Waals surface area contributed by atoms with E-state index >= 15 is 0 Å². The summed E-state index contributed by atoms with van der Waals surface area (Å²) in [7, 11) is 0. The molecule has 1 atom stereocenters. The number of benzene rings is 4. The lowest BCUT2D eigenvalue weighted by atomic mass is 10.1. The van der Waals surface area contributed by atoms with Crippen molar-refractivity contribution in [3.8, 4) is 0 Å². The number of anilines is 2. The topological polar surface area (TPSA) is 71.1 Å². The van der Waals surface area contributed by atoms with Crippen LogP contribution in [0, 0.1) is 13.8 Å². The first-order chi connectivity index (χ1) is 17.9. The number of hydrogen-bond donors (Lipinski definition) is 2. The van der Waals surface area contributed by atoms with Gasteiger partial charge < -0.3 is 10.6 Å². The number of aromatic nitrogens is 1. The van der Waals surface area contributed by atoms with Gasteiger partial charge in [-0.05, 0) is 67.4 Å². The lowest BCUT2D eigenvalue weighted by Gasteiger charge is -2.17. The van der Waals surface area contributed by atoms with E-state index in [-0.39, 0.29) is 11.8 Å². The van der Waals surface area contributed by atoms with Crippen molar-refractivity contribution in [2.24, 2.45) is 0 Å². The third kappa shape index (κ3) is 6.07. The Hall–Kier alpha value is -3.94. The Balaban J connectivity index is 1.36. The zero-order valence-corrected chi connectivity index (χ0v) is 22.0. The van der Waals surface area contributed by atoms with Gasteiger partial charge in [0.15, 0.2) is 5.13 Å². The standard InChI is InChI=1S/C30H25N3O2S2/c1-19-8-6-11-22(16-19)28(34)31-23-12-7-13-24(18-23)36-27(21-9-4-3-5-10-21)29(35)33-30-32-25-15-14-20(2)17-26(25)37-30/h3-18,27H,1-2H3,(H,31,34)(H,32,33,35). The minimum Gasteiger partial charge on any atom is -0.322 e. The smallest absolute Gasteiger partial charge is 0.255 e. The number of thioether (sulfide) groups is 1. The second kappa shape index (κ2) is 11.0. The lowest BCUT2D eigenvalue weighted by Crippen LogP contribution is -2.19. The van der Waals surface area contributed by atoms with E-state index in [1.54, 1.807) is 6.07 Å². The molecule has 0 aliphatic heterocycles. The second-order valence-corrected chi connectivity index (χ2v) is 10.9. The van der Waals surface area contributed by atoms with E-state index in [1.807, 2.05) is 98.8 Å². The summed E-state index contributed by atoms with van der Waals surface area (Å²) in [5, 5.41) is 6.06. The van der Waals surface area contributed by atoms with Gasteiger partial charge in [0.2, 0.25) is 5.91 Å². The number of amides is 2. The van der Waals surface area contributed by atoms with Crippen LogP contribution in [-0.2, 0) is 4.79 Å². The van der Waals surface area contributed by atoms with Crippen molar-refractivity contribution in [3.63, 3.8) is 0 Å². The highest BCUT2D eigenvalue weighted by Crippen LogP contribution is 2.38. The molecular weight excluding hydrogens is 498 g/mol. The predicted molar refractivity (Wildman–Crippen MR) is 154 cm³/mol. The number of nitrogens with one attached hydrogen (secondary N) is 2. The lowest BCUT2D eigenvalue weighted by molar-refractivity contribution is -0.115. The minimum absolute atomic E-state index is 0.152. The summed E-state index contributed by atoms with van der Waals surface area (Å²) in [5.74, 6) is -0.324. The van der Waals surface area contributed by atoms with E-state index in [2.05, 4.69) is 21.7 Å². The molecule has 7 heteroatoms. The molecule has 4 aromatic carbocycles. The summed E-state index contributed by atoms with van der Waals surface area (Å²) in [4.78, 5) is 31.7. The summed E-state index contributed by atoms with van der Waals surface area (Å²) in [6.07, 6.45) is 0. The van der Waals surface area contributed by atoms with Crippen molar-refractivity contribution in [1.82, 2.24) is 4.98 Å². The zero-order chi connectivity index (χ0) is 25.8. The van der Waals surface area contributed by atoms with E-state index in [9.17, 15) is 9.59 Å². The summed E-state index contributed by atoms with van der Waals surface area (Å²) in [6.45, 7) is 4.00. The van der Waals surface area contributed by atoms with Gasteiger partial charge >= 0.3 is 0 Å². The maximum absolute atomic E-state index is 13.5. The van der Waals surface area contributed by atoms with Crippen LogP contribution < -0.4 is 10.6 Å². The fraction of sp³-hybridized carbons (Fsp3) is 0.100. The predicted octanol–water partition coefficient (Wildman–Crippen LogP) is 7.64. The molecule has 5 nitrogen and oxygen atoms in total. The van der Waals surface area contributed by atoms with Crippen molar-refractivity contribution in [1.29, 1.82) is 0 Å². The molecule has 0 saturated carbocycles. The van der Waals surface area contributed by atoms with Crippen LogP contribution in [0.15, 0.2) is 102 Å². The van der Waals surface area contributed by atoms with Crippen LogP contribution in [0.1, 0.15) is 32.3 Å². The number of carbonyl (C=O) groups is 2. The van der Waals surface area contributed by atoms with Crippen LogP contribution in [0.2, 0.25) is 0 Å². The fourth-order valence-corrected chi connectivity index (χ4v) is 5.98. The van der Waals surface area contributed by atoms with Gasteiger partial charge in [-0.1, -0.05) is 71.5 Å². The van der Waals surface area contributed by atoms with Crippen LogP contribution in [0.25, 0.3) is 10.2 Å². The molecular formula is C30H25N3O2S2. The first-order valence-electron chi connectivity index (χ1n) is 11.8. The van der Waals surface area contributed by atoms with Gasteiger partial charge in [0.05, 0.1) is 10.2 Å². The number of rotatable bonds is 7. The van der Waals surface area contributed by atoms with E-state index in [1.165, 1.54) is 23.1 Å². The Morgan fingerprint density at radius 1 is 0.811 bits per heavy atom. The van der Waals surface area contributed by atoms with Crippen LogP contribution in [0.4, 0.5) is 10.8 Å². The van der Waals surface area contributed by atoms with Gasteiger partial charge in [0, 0.05) is 16.1 Å². The van der Waals surface area contributed by atoms with Gasteiger partial charge in [0.25, 0.3) is 5.91 Å². The summed E-state index contributed by atoms with van der Waals surface area (Å²) < 4.78 is 1.04. The van der Waals surface area contributed by atoms with E-state index in [0.717, 1.165) is 31.8 Å². The number of hydrogen-bond acceptors (Lipinski definition) is 5. The molecule has 1 heterocycles. The van der Waals surface area contributed by atoms with Crippen LogP contribution >= 0.6 is 23.1 Å². The van der Waals surface area contributed by atoms with Crippen molar-refractivity contribution in [3.05, 3.63) is 119 Å². The van der Waals surface area contributed by atoms with Crippen molar-refractivity contribution in [2.45, 2.75) is 24.0 Å². The molecule has 0 bridgehead atoms. The maximum Gasteiger partial charge on any atom is 0.255 e. The van der Waals surface area contributed by atoms with Crippen LogP contribution in [0.3, 0.4) is 0 Å². The highest BCUT2D eigenvalue weighted by Gasteiger charge is 2.23. The van der Waals surface area contributed by atoms with Gasteiger partial charge in [-0.15, -0.1) is 11.8 Å². The molecule has 5 rings (SSSR count). The minimum atomic E-state index is -0.502. The summed E-state index contributed by atoms with van der Waals surface area (Å²) >= 11 is 2.90. The third-order valence-electron chi connectivity index (χ3n) is 5.74. The third-order valence-corrected chi connectivity index (χ3v) is 7.92. The molecule has 0 aliphatic rings. The van der Waals surface area contributed by atoms with Gasteiger partial charge in [-0.2, -0.15) is 0 Å². The first kappa shape index (κ1) is 24.7. The Morgan fingerprint density at radius 3 is 2.41 bits per heavy atom. The largest absolute Gasteiger partial charge is 0.322 e. The number of nitrogens with zero attached hydrogens (tertiary/aromatic N) is 1. The molecule has 0 spiro atoms. The Morgan fingerprint density at radius 2 is 1.59 bits per heavy atom. The molecule has 184 valence electrons. The fourth-order valence-electron chi connectivity index (χ4n) is 3.93. The average Bonchev–Trinajstić information content (AvgIpc) is 3.29. The number of fused-ring (bicyclic) bond motifs is 1.